The van der Waals surface area contributed by atoms with Gasteiger partial charge in [-0.1, -0.05) is 0 Å². The van der Waals surface area contributed by atoms with Gasteiger partial charge in [-0.05, 0) is 68.8 Å². The van der Waals surface area contributed by atoms with Crippen LogP contribution in [0.15, 0.2) is 64.6 Å². The van der Waals surface area contributed by atoms with Crippen LogP contribution < -0.4 is 15.0 Å². The number of ether oxygens (including phenoxy) is 1. The monoisotopic (exact) mass is 544 g/mol. The second kappa shape index (κ2) is 9.26. The molecule has 2 N–H and O–H groups in total. The fourth-order valence-electron chi connectivity index (χ4n) is 5.25. The van der Waals surface area contributed by atoms with Gasteiger partial charge in [-0.2, -0.15) is 5.10 Å². The van der Waals surface area contributed by atoms with Crippen LogP contribution in [-0.2, 0) is 24.5 Å². The molecule has 0 radical (unpaired) electrons. The zero-order valence-corrected chi connectivity index (χ0v) is 22.1. The second-order valence-electron chi connectivity index (χ2n) is 9.52. The van der Waals surface area contributed by atoms with Crippen LogP contribution >= 0.6 is 0 Å². The molecule has 10 nitrogen and oxygen atoms in total. The average Bonchev–Trinajstić information content (AvgIpc) is 3.51. The molecular weight excluding hydrogens is 516 g/mol. The fourth-order valence-corrected chi connectivity index (χ4v) is 7.75. The van der Waals surface area contributed by atoms with E-state index in [0.717, 1.165) is 17.4 Å². The maximum absolute atomic E-state index is 14.0. The van der Waals surface area contributed by atoms with Crippen LogP contribution in [0.4, 0.5) is 5.69 Å². The van der Waals surface area contributed by atoms with Gasteiger partial charge in [0.2, 0.25) is 5.91 Å². The number of hydrogen-bond donors (Lipinski definition) is 2. The molecule has 0 bridgehead atoms. The van der Waals surface area contributed by atoms with Gasteiger partial charge in [0.1, 0.15) is 11.1 Å². The van der Waals surface area contributed by atoms with Gasteiger partial charge in [0.25, 0.3) is 0 Å². The minimum Gasteiger partial charge on any atom is -0.496 e. The van der Waals surface area contributed by atoms with Gasteiger partial charge in [-0.15, -0.1) is 0 Å². The zero-order chi connectivity index (χ0) is 26.4. The summed E-state index contributed by atoms with van der Waals surface area (Å²) >= 11 is 0. The van der Waals surface area contributed by atoms with Crippen molar-refractivity contribution in [1.82, 2.24) is 15.5 Å². The first-order valence-corrected chi connectivity index (χ1v) is 15.3. The number of carbonyl (C=O) groups excluding carboxylic acids is 1. The molecule has 1 unspecified atom stereocenters. The molecule has 1 atom stereocenters. The van der Waals surface area contributed by atoms with Crippen LogP contribution in [0.1, 0.15) is 19.3 Å². The molecule has 2 saturated heterocycles. The molecule has 0 aliphatic carbocycles. The third kappa shape index (κ3) is 4.42. The van der Waals surface area contributed by atoms with Gasteiger partial charge < -0.3 is 10.1 Å². The predicted molar refractivity (Wildman–Crippen MR) is 138 cm³/mol. The Bertz CT molecular complexity index is 1530. The summed E-state index contributed by atoms with van der Waals surface area (Å²) in [6.07, 6.45) is 5.65. The van der Waals surface area contributed by atoms with Gasteiger partial charge in [0, 0.05) is 35.3 Å². The number of anilines is 1. The number of rotatable bonds is 6. The number of nitrogens with one attached hydrogen (secondary N) is 2. The number of amides is 1. The van der Waals surface area contributed by atoms with Crippen molar-refractivity contribution < 1.29 is 26.4 Å². The SMILES string of the molecule is COc1cc(N2C(=O)C3(CCNCC3)CC2S(=O)(=O)c2ccc(S(C)(=O)=O)cc2)ccc1-c1cn[nH]c1. The molecule has 2 aliphatic heterocycles. The number of sulfone groups is 2. The van der Waals surface area contributed by atoms with Gasteiger partial charge in [0.15, 0.2) is 19.7 Å². The van der Waals surface area contributed by atoms with E-state index in [1.807, 2.05) is 0 Å². The van der Waals surface area contributed by atoms with Crippen molar-refractivity contribution in [3.63, 3.8) is 0 Å². The highest BCUT2D eigenvalue weighted by Gasteiger charge is 2.56. The average molecular weight is 545 g/mol. The first kappa shape index (κ1) is 25.4. The molecule has 0 saturated carbocycles. The summed E-state index contributed by atoms with van der Waals surface area (Å²) in [6, 6.07) is 10.3. The van der Waals surface area contributed by atoms with Crippen molar-refractivity contribution in [2.75, 3.05) is 31.4 Å². The van der Waals surface area contributed by atoms with Crippen LogP contribution in [0, 0.1) is 5.41 Å². The minimum atomic E-state index is -4.05. The van der Waals surface area contributed by atoms with Gasteiger partial charge >= 0.3 is 0 Å². The third-order valence-corrected chi connectivity index (χ3v) is 10.4. The summed E-state index contributed by atoms with van der Waals surface area (Å²) in [6.45, 7) is 1.25. The summed E-state index contributed by atoms with van der Waals surface area (Å²) < 4.78 is 57.3. The standard InChI is InChI=1S/C25H28N4O6S2/c1-35-22-13-18(3-8-21(22)17-15-27-28-16-17)29-23(14-25(24(29)30)9-11-26-12-10-25)37(33,34)20-6-4-19(5-7-20)36(2,31)32/h3-8,13,15-16,23,26H,9-12,14H2,1-2H3,(H,27,28). The van der Waals surface area contributed by atoms with E-state index in [-0.39, 0.29) is 22.1 Å². The van der Waals surface area contributed by atoms with E-state index >= 15 is 0 Å². The topological polar surface area (TPSA) is 139 Å². The highest BCUT2D eigenvalue weighted by molar-refractivity contribution is 7.92. The molecule has 3 heterocycles. The van der Waals surface area contributed by atoms with Crippen molar-refractivity contribution in [3.8, 4) is 16.9 Å². The summed E-state index contributed by atoms with van der Waals surface area (Å²) in [4.78, 5) is 15.3. The normalized spacial score (nSPS) is 19.9. The van der Waals surface area contributed by atoms with E-state index in [9.17, 15) is 21.6 Å². The number of nitrogens with zero attached hydrogens (tertiary/aromatic N) is 2. The van der Waals surface area contributed by atoms with Gasteiger partial charge in [-0.3, -0.25) is 14.8 Å². The van der Waals surface area contributed by atoms with Gasteiger partial charge in [0.05, 0.1) is 28.5 Å². The van der Waals surface area contributed by atoms with Crippen molar-refractivity contribution in [2.24, 2.45) is 5.41 Å². The molecule has 3 aromatic rings. The molecule has 2 aliphatic rings. The third-order valence-electron chi connectivity index (χ3n) is 7.30. The van der Waals surface area contributed by atoms with E-state index in [1.54, 1.807) is 30.6 Å². The lowest BCUT2D eigenvalue weighted by atomic mass is 9.77. The number of hydrogen-bond acceptors (Lipinski definition) is 8. The molecular formula is C25H28N4O6S2. The fraction of sp³-hybridized carbons (Fsp3) is 0.360. The van der Waals surface area contributed by atoms with E-state index in [1.165, 1.54) is 36.3 Å². The van der Waals surface area contributed by atoms with E-state index in [4.69, 9.17) is 4.74 Å². The predicted octanol–water partition coefficient (Wildman–Crippen LogP) is 2.40. The lowest BCUT2D eigenvalue weighted by Crippen LogP contribution is -2.43. The van der Waals surface area contributed by atoms with Crippen LogP contribution in [0.5, 0.6) is 5.75 Å². The molecule has 2 aromatic carbocycles. The Kier molecular flexibility index (Phi) is 6.37. The number of benzene rings is 2. The first-order valence-electron chi connectivity index (χ1n) is 11.8. The maximum atomic E-state index is 14.0. The Labute approximate surface area is 215 Å². The van der Waals surface area contributed by atoms with E-state index < -0.39 is 30.5 Å². The molecule has 1 spiro atoms. The summed E-state index contributed by atoms with van der Waals surface area (Å²) in [5.41, 5.74) is 1.16. The van der Waals surface area contributed by atoms with Crippen molar-refractivity contribution in [3.05, 3.63) is 54.9 Å². The highest BCUT2D eigenvalue weighted by atomic mass is 32.2. The Morgan fingerprint density at radius 2 is 1.70 bits per heavy atom. The van der Waals surface area contributed by atoms with Gasteiger partial charge in [-0.25, -0.2) is 16.8 Å². The number of carbonyl (C=O) groups is 1. The Morgan fingerprint density at radius 3 is 2.30 bits per heavy atom. The van der Waals surface area contributed by atoms with E-state index in [0.29, 0.717) is 37.4 Å². The second-order valence-corrected chi connectivity index (χ2v) is 13.6. The summed E-state index contributed by atoms with van der Waals surface area (Å²) in [5.74, 6) is 0.250. The Balaban J connectivity index is 1.60. The van der Waals surface area contributed by atoms with Crippen LogP contribution in [0.2, 0.25) is 0 Å². The van der Waals surface area contributed by atoms with E-state index in [2.05, 4.69) is 15.5 Å². The number of aromatic amines is 1. The lowest BCUT2D eigenvalue weighted by molar-refractivity contribution is -0.126. The Hall–Kier alpha value is -3.22. The zero-order valence-electron chi connectivity index (χ0n) is 20.5. The first-order chi connectivity index (χ1) is 17.6. The quantitative estimate of drug-likeness (QED) is 0.482. The highest BCUT2D eigenvalue weighted by Crippen LogP contribution is 2.48. The molecule has 37 heavy (non-hydrogen) atoms. The molecule has 2 fully saturated rings. The minimum absolute atomic E-state index is 0.0280. The lowest BCUT2D eigenvalue weighted by Gasteiger charge is -2.31. The maximum Gasteiger partial charge on any atom is 0.234 e. The van der Waals surface area contributed by atoms with Crippen molar-refractivity contribution in [1.29, 1.82) is 0 Å². The molecule has 1 amide bonds. The van der Waals surface area contributed by atoms with Crippen LogP contribution in [0.25, 0.3) is 11.1 Å². The summed E-state index contributed by atoms with van der Waals surface area (Å²) in [5, 5.41) is 8.84. The van der Waals surface area contributed by atoms with Crippen molar-refractivity contribution in [2.45, 2.75) is 34.4 Å². The summed E-state index contributed by atoms with van der Waals surface area (Å²) in [7, 11) is -6.02. The number of H-pyrrole nitrogens is 1. The van der Waals surface area contributed by atoms with Crippen molar-refractivity contribution >= 4 is 31.3 Å². The molecule has 196 valence electrons. The molecule has 5 rings (SSSR count). The Morgan fingerprint density at radius 1 is 1.03 bits per heavy atom. The largest absolute Gasteiger partial charge is 0.496 e. The smallest absolute Gasteiger partial charge is 0.234 e. The number of aromatic nitrogens is 2. The molecule has 1 aromatic heterocycles. The number of piperidine rings is 1. The van der Waals surface area contributed by atoms with Crippen LogP contribution in [0.3, 0.4) is 0 Å². The molecule has 12 heteroatoms. The number of methoxy groups -OCH3 is 1. The van der Waals surface area contributed by atoms with Crippen LogP contribution in [-0.4, -0.2) is 64.8 Å².